The van der Waals surface area contributed by atoms with Gasteiger partial charge < -0.3 is 9.47 Å². The molecule has 0 unspecified atom stereocenters. The van der Waals surface area contributed by atoms with Crippen molar-refractivity contribution in [2.24, 2.45) is 0 Å². The summed E-state index contributed by atoms with van der Waals surface area (Å²) < 4.78 is 11.2. The van der Waals surface area contributed by atoms with Crippen molar-refractivity contribution in [3.8, 4) is 5.75 Å². The fourth-order valence-electron chi connectivity index (χ4n) is 1.64. The quantitative estimate of drug-likeness (QED) is 0.333. The Labute approximate surface area is 131 Å². The SMILES string of the molecule is COc1cccc(C(=O)O/C=C(\I)CC2=C=CC=C2)c1. The van der Waals surface area contributed by atoms with E-state index in [9.17, 15) is 4.79 Å². The first-order chi connectivity index (χ1) is 9.69. The van der Waals surface area contributed by atoms with Gasteiger partial charge in [-0.1, -0.05) is 18.2 Å². The van der Waals surface area contributed by atoms with Gasteiger partial charge in [-0.05, 0) is 52.4 Å². The first kappa shape index (κ1) is 14.6. The Morgan fingerprint density at radius 3 is 3.00 bits per heavy atom. The second kappa shape index (κ2) is 7.12. The molecule has 20 heavy (non-hydrogen) atoms. The van der Waals surface area contributed by atoms with Crippen LogP contribution in [-0.4, -0.2) is 13.1 Å². The van der Waals surface area contributed by atoms with Crippen LogP contribution < -0.4 is 4.74 Å². The monoisotopic (exact) mass is 380 g/mol. The second-order valence-corrected chi connectivity index (χ2v) is 5.46. The molecule has 0 amide bonds. The van der Waals surface area contributed by atoms with E-state index < -0.39 is 5.97 Å². The van der Waals surface area contributed by atoms with E-state index >= 15 is 0 Å². The number of hydrogen-bond donors (Lipinski definition) is 0. The number of halogens is 1. The lowest BCUT2D eigenvalue weighted by Gasteiger charge is -2.03. The molecule has 102 valence electrons. The zero-order valence-electron chi connectivity index (χ0n) is 10.9. The van der Waals surface area contributed by atoms with Gasteiger partial charge >= 0.3 is 5.97 Å². The summed E-state index contributed by atoms with van der Waals surface area (Å²) in [4.78, 5) is 11.9. The number of rotatable bonds is 5. The number of hydrogen-bond acceptors (Lipinski definition) is 3. The van der Waals surface area contributed by atoms with Gasteiger partial charge in [-0.25, -0.2) is 4.79 Å². The Hall–Kier alpha value is -1.78. The predicted molar refractivity (Wildman–Crippen MR) is 85.9 cm³/mol. The van der Waals surface area contributed by atoms with Gasteiger partial charge in [0, 0.05) is 10.0 Å². The minimum absolute atomic E-state index is 0.399. The van der Waals surface area contributed by atoms with E-state index in [0.29, 0.717) is 17.7 Å². The van der Waals surface area contributed by atoms with Crippen LogP contribution in [0.1, 0.15) is 16.8 Å². The summed E-state index contributed by atoms with van der Waals surface area (Å²) >= 11 is 2.15. The highest BCUT2D eigenvalue weighted by Gasteiger charge is 2.07. The van der Waals surface area contributed by atoms with Crippen LogP contribution >= 0.6 is 22.6 Å². The third-order valence-corrected chi connectivity index (χ3v) is 3.26. The van der Waals surface area contributed by atoms with E-state index in [1.807, 2.05) is 18.2 Å². The molecule has 1 aliphatic rings. The van der Waals surface area contributed by atoms with Crippen LogP contribution in [0.15, 0.2) is 63.6 Å². The Morgan fingerprint density at radius 2 is 2.30 bits per heavy atom. The highest BCUT2D eigenvalue weighted by Crippen LogP contribution is 2.20. The van der Waals surface area contributed by atoms with E-state index in [1.165, 1.54) is 6.26 Å². The molecule has 0 heterocycles. The summed E-state index contributed by atoms with van der Waals surface area (Å²) in [7, 11) is 1.56. The number of allylic oxidation sites excluding steroid dienone is 4. The molecule has 0 aliphatic heterocycles. The number of carbonyl (C=O) groups is 1. The van der Waals surface area contributed by atoms with E-state index in [1.54, 1.807) is 31.4 Å². The van der Waals surface area contributed by atoms with E-state index in [0.717, 1.165) is 9.15 Å². The van der Waals surface area contributed by atoms with Gasteiger partial charge in [0.2, 0.25) is 0 Å². The average molecular weight is 380 g/mol. The van der Waals surface area contributed by atoms with E-state index in [2.05, 4.69) is 28.3 Å². The maximum atomic E-state index is 11.9. The summed E-state index contributed by atoms with van der Waals surface area (Å²) in [5.74, 6) is 0.231. The van der Waals surface area contributed by atoms with Crippen LogP contribution in [0.3, 0.4) is 0 Å². The van der Waals surface area contributed by atoms with Crippen molar-refractivity contribution in [2.45, 2.75) is 6.42 Å². The predicted octanol–water partition coefficient (Wildman–Crippen LogP) is 4.17. The van der Waals surface area contributed by atoms with Gasteiger partial charge in [0.1, 0.15) is 12.0 Å². The highest BCUT2D eigenvalue weighted by molar-refractivity contribution is 14.1. The Balaban J connectivity index is 1.96. The molecule has 1 aromatic carbocycles. The summed E-state index contributed by atoms with van der Waals surface area (Å²) in [5, 5.41) is 0. The highest BCUT2D eigenvalue weighted by atomic mass is 127. The molecule has 0 aromatic heterocycles. The van der Waals surface area contributed by atoms with E-state index in [-0.39, 0.29) is 0 Å². The zero-order valence-corrected chi connectivity index (χ0v) is 13.1. The number of ether oxygens (including phenoxy) is 2. The molecule has 4 heteroatoms. The Kier molecular flexibility index (Phi) is 5.21. The standard InChI is InChI=1S/C16H13IO3/c1-19-15-8-4-7-13(10-15)16(18)20-11-14(17)9-12-5-2-3-6-12/h2-5,7-8,10-11H,9H2,1H3/b14-11-. The fraction of sp³-hybridized carbons (Fsp3) is 0.125. The zero-order chi connectivity index (χ0) is 14.4. The van der Waals surface area contributed by atoms with Crippen molar-refractivity contribution in [1.82, 2.24) is 0 Å². The molecule has 0 spiro atoms. The molecule has 0 bridgehead atoms. The van der Waals surface area contributed by atoms with Crippen molar-refractivity contribution in [3.05, 3.63) is 69.2 Å². The molecule has 1 aliphatic carbocycles. The number of esters is 1. The lowest BCUT2D eigenvalue weighted by molar-refractivity contribution is 0.0661. The largest absolute Gasteiger partial charge is 0.497 e. The third-order valence-electron chi connectivity index (χ3n) is 2.62. The first-order valence-electron chi connectivity index (χ1n) is 6.01. The second-order valence-electron chi connectivity index (χ2n) is 4.07. The molecular formula is C16H13IO3. The van der Waals surface area contributed by atoms with Crippen LogP contribution in [0, 0.1) is 0 Å². The van der Waals surface area contributed by atoms with E-state index in [4.69, 9.17) is 9.47 Å². The lowest BCUT2D eigenvalue weighted by Crippen LogP contribution is -2.01. The summed E-state index contributed by atoms with van der Waals surface area (Å²) in [5.41, 5.74) is 4.63. The van der Waals surface area contributed by atoms with Gasteiger partial charge in [0.05, 0.1) is 12.7 Å². The number of carbonyl (C=O) groups excluding carboxylic acids is 1. The molecule has 0 saturated carbocycles. The Morgan fingerprint density at radius 1 is 1.45 bits per heavy atom. The normalized spacial score (nSPS) is 13.3. The molecular weight excluding hydrogens is 367 g/mol. The summed E-state index contributed by atoms with van der Waals surface area (Å²) in [6, 6.07) is 6.87. The van der Waals surface area contributed by atoms with Crippen molar-refractivity contribution in [1.29, 1.82) is 0 Å². The van der Waals surface area contributed by atoms with Gasteiger partial charge in [-0.3, -0.25) is 0 Å². The van der Waals surface area contributed by atoms with Gasteiger partial charge in [-0.15, -0.1) is 5.73 Å². The van der Waals surface area contributed by atoms with Crippen molar-refractivity contribution >= 4 is 28.6 Å². The number of methoxy groups -OCH3 is 1. The van der Waals surface area contributed by atoms with Crippen LogP contribution in [0.25, 0.3) is 0 Å². The van der Waals surface area contributed by atoms with Crippen molar-refractivity contribution in [3.63, 3.8) is 0 Å². The van der Waals surface area contributed by atoms with Crippen LogP contribution in [0.4, 0.5) is 0 Å². The average Bonchev–Trinajstić information content (AvgIpc) is 2.97. The topological polar surface area (TPSA) is 35.5 Å². The van der Waals surface area contributed by atoms with Crippen LogP contribution in [0.2, 0.25) is 0 Å². The molecule has 0 fully saturated rings. The Bertz CT molecular complexity index is 635. The van der Waals surface area contributed by atoms with Crippen molar-refractivity contribution in [2.75, 3.05) is 7.11 Å². The molecule has 1 aromatic rings. The molecule has 0 radical (unpaired) electrons. The van der Waals surface area contributed by atoms with Crippen molar-refractivity contribution < 1.29 is 14.3 Å². The van der Waals surface area contributed by atoms with Gasteiger partial charge in [-0.2, -0.15) is 0 Å². The molecule has 0 saturated heterocycles. The summed E-state index contributed by atoms with van der Waals surface area (Å²) in [6.45, 7) is 0. The maximum absolute atomic E-state index is 11.9. The smallest absolute Gasteiger partial charge is 0.343 e. The fourth-order valence-corrected chi connectivity index (χ4v) is 2.17. The van der Waals surface area contributed by atoms with Gasteiger partial charge in [0.25, 0.3) is 0 Å². The first-order valence-corrected chi connectivity index (χ1v) is 7.09. The molecule has 0 atom stereocenters. The van der Waals surface area contributed by atoms with Crippen LogP contribution in [-0.2, 0) is 4.74 Å². The minimum atomic E-state index is -0.399. The minimum Gasteiger partial charge on any atom is -0.497 e. The third kappa shape index (κ3) is 4.11. The molecule has 2 rings (SSSR count). The lowest BCUT2D eigenvalue weighted by atomic mass is 10.2. The summed E-state index contributed by atoms with van der Waals surface area (Å²) in [6.07, 6.45) is 7.96. The molecule has 3 nitrogen and oxygen atoms in total. The molecule has 0 N–H and O–H groups in total. The van der Waals surface area contributed by atoms with Crippen LogP contribution in [0.5, 0.6) is 5.75 Å². The maximum Gasteiger partial charge on any atom is 0.343 e. The number of benzene rings is 1. The van der Waals surface area contributed by atoms with Gasteiger partial charge in [0.15, 0.2) is 0 Å².